The van der Waals surface area contributed by atoms with E-state index < -0.39 is 0 Å². The van der Waals surface area contributed by atoms with E-state index in [0.29, 0.717) is 6.54 Å². The minimum Gasteiger partial charge on any atom is -0.487 e. The van der Waals surface area contributed by atoms with Gasteiger partial charge in [0.05, 0.1) is 19.1 Å². The monoisotopic (exact) mass is 412 g/mol. The molecule has 0 saturated carbocycles. The van der Waals surface area contributed by atoms with Crippen LogP contribution in [-0.2, 0) is 4.84 Å². The van der Waals surface area contributed by atoms with Crippen LogP contribution in [0.4, 0.5) is 11.4 Å². The smallest absolute Gasteiger partial charge is 0.152 e. The van der Waals surface area contributed by atoms with E-state index >= 15 is 0 Å². The number of para-hydroxylation sites is 1. The van der Waals surface area contributed by atoms with Crippen molar-refractivity contribution in [3.63, 3.8) is 0 Å². The van der Waals surface area contributed by atoms with Crippen molar-refractivity contribution in [2.24, 2.45) is 16.0 Å². The molecule has 0 aromatic heterocycles. The topological polar surface area (TPSA) is 72.4 Å². The molecule has 2 rings (SSSR count). The first-order chi connectivity index (χ1) is 14.3. The number of benzene rings is 2. The lowest BCUT2D eigenvalue weighted by atomic mass is 10.1. The lowest BCUT2D eigenvalue weighted by molar-refractivity contribution is 0.206. The molecule has 0 aliphatic rings. The summed E-state index contributed by atoms with van der Waals surface area (Å²) in [6.45, 7) is 7.78. The Balaban J connectivity index is 2.12. The zero-order chi connectivity index (χ0) is 22.1. The highest BCUT2D eigenvalue weighted by Gasteiger charge is 2.24. The van der Waals surface area contributed by atoms with Crippen LogP contribution >= 0.6 is 0 Å². The van der Waals surface area contributed by atoms with Crippen LogP contribution < -0.4 is 15.2 Å². The molecule has 0 bridgehead atoms. The highest BCUT2D eigenvalue weighted by atomic mass is 16.6. The minimum absolute atomic E-state index is 0.156. The summed E-state index contributed by atoms with van der Waals surface area (Å²) in [5.41, 5.74) is 4.69. The molecule has 30 heavy (non-hydrogen) atoms. The number of hydrogen-bond donors (Lipinski definition) is 1. The maximum Gasteiger partial charge on any atom is 0.152 e. The number of oxime groups is 1. The molecule has 0 aliphatic carbocycles. The lowest BCUT2D eigenvalue weighted by Crippen LogP contribution is -2.55. The highest BCUT2D eigenvalue weighted by molar-refractivity contribution is 5.88. The van der Waals surface area contributed by atoms with Gasteiger partial charge < -0.3 is 14.5 Å². The van der Waals surface area contributed by atoms with E-state index in [1.54, 1.807) is 0 Å². The average molecular weight is 413 g/mol. The molecule has 0 heterocycles. The van der Waals surface area contributed by atoms with E-state index in [4.69, 9.17) is 15.4 Å². The van der Waals surface area contributed by atoms with E-state index in [-0.39, 0.29) is 11.2 Å². The Morgan fingerprint density at radius 3 is 2.50 bits per heavy atom. The fourth-order valence-corrected chi connectivity index (χ4v) is 2.94. The van der Waals surface area contributed by atoms with Gasteiger partial charge in [0.1, 0.15) is 26.0 Å². The quantitative estimate of drug-likeness (QED) is 0.212. The lowest BCUT2D eigenvalue weighted by Gasteiger charge is -2.27. The second-order valence-corrected chi connectivity index (χ2v) is 7.61. The predicted molar refractivity (Wildman–Crippen MR) is 126 cm³/mol. The summed E-state index contributed by atoms with van der Waals surface area (Å²) in [7, 11) is 5.45. The van der Waals surface area contributed by atoms with Crippen molar-refractivity contribution in [1.29, 1.82) is 0 Å². The molecule has 0 saturated heterocycles. The van der Waals surface area contributed by atoms with Gasteiger partial charge in [-0.15, -0.1) is 0 Å². The fourth-order valence-electron chi connectivity index (χ4n) is 2.94. The molecular weight excluding hydrogens is 378 g/mol. The zero-order valence-electron chi connectivity index (χ0n) is 18.9. The van der Waals surface area contributed by atoms with Crippen LogP contribution in [0.3, 0.4) is 0 Å². The van der Waals surface area contributed by atoms with Gasteiger partial charge in [-0.05, 0) is 44.0 Å². The number of quaternary nitrogens is 1. The van der Waals surface area contributed by atoms with Gasteiger partial charge in [0.15, 0.2) is 11.4 Å². The van der Waals surface area contributed by atoms with Gasteiger partial charge in [0.2, 0.25) is 0 Å². The van der Waals surface area contributed by atoms with Gasteiger partial charge in [-0.2, -0.15) is 5.84 Å². The molecule has 1 unspecified atom stereocenters. The van der Waals surface area contributed by atoms with Crippen molar-refractivity contribution >= 4 is 23.4 Å². The summed E-state index contributed by atoms with van der Waals surface area (Å²) >= 11 is 0. The fraction of sp³-hybridized carbons (Fsp3) is 0.391. The second-order valence-electron chi connectivity index (χ2n) is 7.61. The molecular formula is C23H34N5O2+. The Hall–Kier alpha value is -2.90. The van der Waals surface area contributed by atoms with Crippen molar-refractivity contribution in [1.82, 2.24) is 9.49 Å². The van der Waals surface area contributed by atoms with Crippen molar-refractivity contribution in [3.8, 4) is 5.75 Å². The molecule has 0 radical (unpaired) electrons. The van der Waals surface area contributed by atoms with Crippen LogP contribution in [0.15, 0.2) is 52.6 Å². The Morgan fingerprint density at radius 2 is 1.87 bits per heavy atom. The molecule has 2 aromatic rings. The van der Waals surface area contributed by atoms with Crippen molar-refractivity contribution in [3.05, 3.63) is 53.6 Å². The van der Waals surface area contributed by atoms with E-state index in [1.807, 2.05) is 81.6 Å². The Morgan fingerprint density at radius 1 is 1.17 bits per heavy atom. The van der Waals surface area contributed by atoms with Crippen molar-refractivity contribution < 1.29 is 9.57 Å². The van der Waals surface area contributed by atoms with Gasteiger partial charge in [-0.1, -0.05) is 23.4 Å². The number of ether oxygens (including phenoxy) is 1. The number of aryl methyl sites for hydroxylation is 2. The average Bonchev–Trinajstić information content (AvgIpc) is 2.73. The van der Waals surface area contributed by atoms with Crippen molar-refractivity contribution in [2.45, 2.75) is 20.8 Å². The summed E-state index contributed by atoms with van der Waals surface area (Å²) in [6, 6.07) is 13.9. The third kappa shape index (κ3) is 6.57. The number of nitrogens with two attached hydrogens (primary N) is 1. The van der Waals surface area contributed by atoms with Gasteiger partial charge in [0, 0.05) is 25.7 Å². The first-order valence-electron chi connectivity index (χ1n) is 10.0. The summed E-state index contributed by atoms with van der Waals surface area (Å²) in [5.74, 6) is 7.30. The van der Waals surface area contributed by atoms with Crippen LogP contribution in [0.5, 0.6) is 5.75 Å². The number of rotatable bonds is 10. The van der Waals surface area contributed by atoms with Crippen LogP contribution in [0.1, 0.15) is 18.1 Å². The van der Waals surface area contributed by atoms with E-state index in [1.165, 1.54) is 7.11 Å². The van der Waals surface area contributed by atoms with E-state index in [2.05, 4.69) is 17.1 Å². The molecule has 2 N–H and O–H groups in total. The summed E-state index contributed by atoms with van der Waals surface area (Å²) in [6.07, 6.45) is 1.84. The normalized spacial score (nSPS) is 13.9. The molecule has 1 atom stereocenters. The van der Waals surface area contributed by atoms with Crippen LogP contribution in [0.25, 0.3) is 0 Å². The highest BCUT2D eigenvalue weighted by Crippen LogP contribution is 2.28. The first kappa shape index (κ1) is 23.4. The third-order valence-electron chi connectivity index (χ3n) is 4.86. The molecule has 0 amide bonds. The largest absolute Gasteiger partial charge is 0.487 e. The van der Waals surface area contributed by atoms with Gasteiger partial charge in [-0.25, -0.2) is 9.58 Å². The summed E-state index contributed by atoms with van der Waals surface area (Å²) in [5, 5.41) is 4.14. The van der Waals surface area contributed by atoms with Gasteiger partial charge >= 0.3 is 0 Å². The van der Waals surface area contributed by atoms with Gasteiger partial charge in [-0.3, -0.25) is 0 Å². The standard InChI is InChI=1S/C23H34N5O2/c1-7-27(4)17-25-22-13-19(3)23(14-18(22)2)30-16-20(26-29-6)15-28(5,24)21-11-9-8-10-12-21/h8-14,17H,7,15-16,24H2,1-6H3/q+1. The second kappa shape index (κ2) is 10.8. The maximum absolute atomic E-state index is 6.51. The molecule has 7 heteroatoms. The molecule has 0 fully saturated rings. The van der Waals surface area contributed by atoms with Crippen molar-refractivity contribution in [2.75, 3.05) is 40.9 Å². The van der Waals surface area contributed by atoms with Crippen LogP contribution in [0, 0.1) is 13.8 Å². The minimum atomic E-state index is 0.156. The Bertz CT molecular complexity index is 879. The molecule has 0 spiro atoms. The van der Waals surface area contributed by atoms with Crippen LogP contribution in [0.2, 0.25) is 0 Å². The van der Waals surface area contributed by atoms with E-state index in [0.717, 1.165) is 40.5 Å². The summed E-state index contributed by atoms with van der Waals surface area (Å²) < 4.78 is 6.23. The molecule has 2 aromatic carbocycles. The molecule has 0 aliphatic heterocycles. The SMILES string of the molecule is CCN(C)C=Nc1cc(C)c(OCC(C[N+](C)(N)c2ccccc2)=NOC)cc1C. The number of nitrogens with zero attached hydrogens (tertiary/aromatic N) is 4. The van der Waals surface area contributed by atoms with E-state index in [9.17, 15) is 0 Å². The number of hydrogen-bond acceptors (Lipinski definition) is 5. The maximum atomic E-state index is 6.51. The third-order valence-corrected chi connectivity index (χ3v) is 4.86. The zero-order valence-corrected chi connectivity index (χ0v) is 18.9. The summed E-state index contributed by atoms with van der Waals surface area (Å²) in [4.78, 5) is 11.6. The first-order valence-corrected chi connectivity index (χ1v) is 10.0. The van der Waals surface area contributed by atoms with Crippen LogP contribution in [-0.4, -0.2) is 57.9 Å². The number of aliphatic imine (C=N–C) groups is 1. The predicted octanol–water partition coefficient (Wildman–Crippen LogP) is 3.81. The van der Waals surface area contributed by atoms with Gasteiger partial charge in [0.25, 0.3) is 0 Å². The Labute approximate surface area is 180 Å². The molecule has 7 nitrogen and oxygen atoms in total. The molecule has 162 valence electrons. The Kier molecular flexibility index (Phi) is 8.38.